The highest BCUT2D eigenvalue weighted by atomic mass is 32.1. The second-order valence-electron chi connectivity index (χ2n) is 7.47. The summed E-state index contributed by atoms with van der Waals surface area (Å²) >= 11 is 1.96. The Morgan fingerprint density at radius 3 is 1.93 bits per heavy atom. The number of aryl methyl sites for hydroxylation is 1. The maximum atomic E-state index is 2.39. The summed E-state index contributed by atoms with van der Waals surface area (Å²) in [5.41, 5.74) is 6.83. The van der Waals surface area contributed by atoms with Crippen molar-refractivity contribution in [1.29, 1.82) is 0 Å². The van der Waals surface area contributed by atoms with Crippen molar-refractivity contribution < 1.29 is 0 Å². The van der Waals surface area contributed by atoms with Crippen molar-refractivity contribution in [3.05, 3.63) is 81.5 Å². The molecule has 0 atom stereocenters. The minimum absolute atomic E-state index is 1.23. The molecule has 0 bridgehead atoms. The molecule has 1 heteroatoms. The summed E-state index contributed by atoms with van der Waals surface area (Å²) in [7, 11) is 0. The maximum Gasteiger partial charge on any atom is 0.0279 e. The lowest BCUT2D eigenvalue weighted by atomic mass is 10.0. The van der Waals surface area contributed by atoms with Gasteiger partial charge in [-0.05, 0) is 58.9 Å². The van der Waals surface area contributed by atoms with E-state index in [1.165, 1.54) is 82.5 Å². The van der Waals surface area contributed by atoms with Crippen molar-refractivity contribution in [2.45, 2.75) is 51.9 Å². The van der Waals surface area contributed by atoms with Crippen molar-refractivity contribution >= 4 is 23.0 Å². The van der Waals surface area contributed by atoms with Crippen LogP contribution in [0.4, 0.5) is 0 Å². The van der Waals surface area contributed by atoms with Crippen LogP contribution in [-0.4, -0.2) is 0 Å². The Hall–Kier alpha value is -2.12. The van der Waals surface area contributed by atoms with E-state index in [1.54, 1.807) is 0 Å². The Kier molecular flexibility index (Phi) is 5.89. The first-order valence-corrected chi connectivity index (χ1v) is 11.2. The van der Waals surface area contributed by atoms with Crippen LogP contribution in [-0.2, 0) is 6.42 Å². The average Bonchev–Trinajstić information content (AvgIpc) is 3.28. The molecule has 0 saturated heterocycles. The fourth-order valence-electron chi connectivity index (χ4n) is 4.03. The molecule has 0 N–H and O–H groups in total. The maximum absolute atomic E-state index is 2.39. The van der Waals surface area contributed by atoms with E-state index in [9.17, 15) is 0 Å². The fraction of sp³-hybridized carbons (Fsp3) is 0.308. The summed E-state index contributed by atoms with van der Waals surface area (Å²) in [5, 5.41) is 0. The molecule has 0 unspecified atom stereocenters. The van der Waals surface area contributed by atoms with Crippen LogP contribution in [0.3, 0.4) is 0 Å². The van der Waals surface area contributed by atoms with Crippen LogP contribution in [0.15, 0.2) is 60.7 Å². The standard InChI is InChI=1S/C26H28S/c1-2-3-4-5-6-7-12-20-17-18-21(27-20)19-26-24-15-10-8-13-22(24)23-14-9-11-16-25(23)26/h8-11,13-19H,2-7,12H2,1H3. The smallest absolute Gasteiger partial charge is 0.0279 e. The summed E-state index contributed by atoms with van der Waals surface area (Å²) in [6, 6.07) is 22.2. The number of thiophene rings is 1. The zero-order chi connectivity index (χ0) is 18.5. The molecule has 1 aromatic heterocycles. The summed E-state index contributed by atoms with van der Waals surface area (Å²) < 4.78 is 0. The van der Waals surface area contributed by atoms with Crippen LogP contribution in [0.1, 0.15) is 66.3 Å². The predicted molar refractivity (Wildman–Crippen MR) is 120 cm³/mol. The normalized spacial score (nSPS) is 12.1. The van der Waals surface area contributed by atoms with Gasteiger partial charge < -0.3 is 0 Å². The highest BCUT2D eigenvalue weighted by Gasteiger charge is 2.22. The summed E-state index contributed by atoms with van der Waals surface area (Å²) in [5.74, 6) is 0. The molecule has 0 spiro atoms. The highest BCUT2D eigenvalue weighted by molar-refractivity contribution is 7.12. The lowest BCUT2D eigenvalue weighted by Gasteiger charge is -2.02. The summed E-state index contributed by atoms with van der Waals surface area (Å²) in [6.45, 7) is 2.28. The van der Waals surface area contributed by atoms with Gasteiger partial charge in [0, 0.05) is 9.75 Å². The number of fused-ring (bicyclic) bond motifs is 3. The SMILES string of the molecule is CCCCCCCCc1ccc(C=C2c3ccccc3-c3ccccc32)s1. The number of unbranched alkanes of at least 4 members (excludes halogenated alkanes) is 5. The Morgan fingerprint density at radius 2 is 1.26 bits per heavy atom. The molecule has 0 nitrogen and oxygen atoms in total. The average molecular weight is 373 g/mol. The fourth-order valence-corrected chi connectivity index (χ4v) is 5.03. The molecule has 0 fully saturated rings. The largest absolute Gasteiger partial charge is 0.141 e. The number of hydrogen-bond donors (Lipinski definition) is 0. The second kappa shape index (κ2) is 8.71. The van der Waals surface area contributed by atoms with Crippen LogP contribution in [0.25, 0.3) is 22.8 Å². The molecule has 3 aromatic rings. The molecule has 0 aliphatic heterocycles. The zero-order valence-electron chi connectivity index (χ0n) is 16.2. The number of benzene rings is 2. The molecule has 1 heterocycles. The third kappa shape index (κ3) is 4.09. The van der Waals surface area contributed by atoms with E-state index in [4.69, 9.17) is 0 Å². The van der Waals surface area contributed by atoms with Gasteiger partial charge in [-0.15, -0.1) is 11.3 Å². The Morgan fingerprint density at radius 1 is 0.667 bits per heavy atom. The molecule has 1 aliphatic rings. The first-order chi connectivity index (χ1) is 13.4. The minimum Gasteiger partial charge on any atom is -0.141 e. The van der Waals surface area contributed by atoms with Crippen LogP contribution in [0, 0.1) is 0 Å². The van der Waals surface area contributed by atoms with Crippen molar-refractivity contribution in [2.75, 3.05) is 0 Å². The molecule has 138 valence electrons. The summed E-state index contributed by atoms with van der Waals surface area (Å²) in [4.78, 5) is 2.90. The van der Waals surface area contributed by atoms with Gasteiger partial charge in [0.05, 0.1) is 0 Å². The number of rotatable bonds is 8. The van der Waals surface area contributed by atoms with E-state index in [-0.39, 0.29) is 0 Å². The number of hydrogen-bond acceptors (Lipinski definition) is 1. The van der Waals surface area contributed by atoms with Crippen LogP contribution < -0.4 is 0 Å². The second-order valence-corrected chi connectivity index (χ2v) is 8.67. The molecule has 0 radical (unpaired) electrons. The van der Waals surface area contributed by atoms with Crippen LogP contribution in [0.5, 0.6) is 0 Å². The van der Waals surface area contributed by atoms with Crippen molar-refractivity contribution in [1.82, 2.24) is 0 Å². The first kappa shape index (κ1) is 18.3. The monoisotopic (exact) mass is 372 g/mol. The van der Waals surface area contributed by atoms with Gasteiger partial charge in [-0.2, -0.15) is 0 Å². The molecule has 27 heavy (non-hydrogen) atoms. The van der Waals surface area contributed by atoms with Gasteiger partial charge in [-0.1, -0.05) is 87.6 Å². The van der Waals surface area contributed by atoms with Gasteiger partial charge in [0.1, 0.15) is 0 Å². The Bertz CT molecular complexity index is 881. The Labute approximate surface area is 167 Å². The highest BCUT2D eigenvalue weighted by Crippen LogP contribution is 2.45. The van der Waals surface area contributed by atoms with Gasteiger partial charge in [0.2, 0.25) is 0 Å². The minimum atomic E-state index is 1.23. The lowest BCUT2D eigenvalue weighted by molar-refractivity contribution is 0.609. The third-order valence-electron chi connectivity index (χ3n) is 5.47. The van der Waals surface area contributed by atoms with Gasteiger partial charge in [0.15, 0.2) is 0 Å². The van der Waals surface area contributed by atoms with Gasteiger partial charge in [-0.3, -0.25) is 0 Å². The first-order valence-electron chi connectivity index (χ1n) is 10.4. The van der Waals surface area contributed by atoms with E-state index in [2.05, 4.69) is 73.7 Å². The van der Waals surface area contributed by atoms with Crippen molar-refractivity contribution in [3.8, 4) is 11.1 Å². The molecule has 2 aromatic carbocycles. The van der Waals surface area contributed by atoms with Gasteiger partial charge >= 0.3 is 0 Å². The van der Waals surface area contributed by atoms with E-state index in [0.717, 1.165) is 0 Å². The summed E-state index contributed by atoms with van der Waals surface area (Å²) in [6.07, 6.45) is 11.8. The molecular formula is C26H28S. The predicted octanol–water partition coefficient (Wildman–Crippen LogP) is 8.22. The van der Waals surface area contributed by atoms with E-state index in [0.29, 0.717) is 0 Å². The zero-order valence-corrected chi connectivity index (χ0v) is 17.0. The van der Waals surface area contributed by atoms with E-state index >= 15 is 0 Å². The van der Waals surface area contributed by atoms with Crippen molar-refractivity contribution in [2.24, 2.45) is 0 Å². The Balaban J connectivity index is 1.49. The molecular weight excluding hydrogens is 344 g/mol. The molecule has 0 amide bonds. The molecule has 1 aliphatic carbocycles. The molecule has 4 rings (SSSR count). The van der Waals surface area contributed by atoms with Gasteiger partial charge in [-0.25, -0.2) is 0 Å². The van der Waals surface area contributed by atoms with E-state index < -0.39 is 0 Å². The van der Waals surface area contributed by atoms with Gasteiger partial charge in [0.25, 0.3) is 0 Å². The lowest BCUT2D eigenvalue weighted by Crippen LogP contribution is -1.82. The third-order valence-corrected chi connectivity index (χ3v) is 6.56. The van der Waals surface area contributed by atoms with Crippen LogP contribution in [0.2, 0.25) is 0 Å². The topological polar surface area (TPSA) is 0 Å². The van der Waals surface area contributed by atoms with Crippen molar-refractivity contribution in [3.63, 3.8) is 0 Å². The van der Waals surface area contributed by atoms with E-state index in [1.807, 2.05) is 11.3 Å². The quantitative estimate of drug-likeness (QED) is 0.273. The molecule has 0 saturated carbocycles. The van der Waals surface area contributed by atoms with Crippen LogP contribution >= 0.6 is 11.3 Å².